The standard InChI is InChI=1S/C15H17ClN4/c1-9-7-11(16)3-6-13(9)19-15-17-10(2)8-14(20-15)18-12-4-5-12/h3,6-8,12H,4-5H2,1-2H3,(H2,17,18,19,20). The van der Waals surface area contributed by atoms with Crippen molar-refractivity contribution in [2.45, 2.75) is 32.7 Å². The second kappa shape index (κ2) is 5.29. The van der Waals surface area contributed by atoms with Crippen LogP contribution in [0, 0.1) is 13.8 Å². The lowest BCUT2D eigenvalue weighted by Crippen LogP contribution is -2.07. The zero-order chi connectivity index (χ0) is 14.1. The van der Waals surface area contributed by atoms with Gasteiger partial charge < -0.3 is 10.6 Å². The SMILES string of the molecule is Cc1cc(NC2CC2)nc(Nc2ccc(Cl)cc2C)n1. The molecule has 2 aromatic rings. The number of aryl methyl sites for hydroxylation is 2. The maximum atomic E-state index is 5.97. The maximum Gasteiger partial charge on any atom is 0.229 e. The fourth-order valence-electron chi connectivity index (χ4n) is 2.02. The highest BCUT2D eigenvalue weighted by Crippen LogP contribution is 2.26. The third-order valence-electron chi connectivity index (χ3n) is 3.22. The van der Waals surface area contributed by atoms with Gasteiger partial charge in [-0.1, -0.05) is 11.6 Å². The highest BCUT2D eigenvalue weighted by Gasteiger charge is 2.21. The molecule has 0 aliphatic heterocycles. The number of nitrogens with one attached hydrogen (secondary N) is 2. The average molecular weight is 289 g/mol. The number of aromatic nitrogens is 2. The third-order valence-corrected chi connectivity index (χ3v) is 3.45. The minimum absolute atomic E-state index is 0.578. The van der Waals surface area contributed by atoms with Crippen molar-refractivity contribution in [2.24, 2.45) is 0 Å². The smallest absolute Gasteiger partial charge is 0.229 e. The minimum atomic E-state index is 0.578. The molecule has 4 nitrogen and oxygen atoms in total. The van der Waals surface area contributed by atoms with Crippen LogP contribution in [0.25, 0.3) is 0 Å². The summed E-state index contributed by atoms with van der Waals surface area (Å²) in [5, 5.41) is 7.38. The Bertz CT molecular complexity index is 638. The number of halogens is 1. The monoisotopic (exact) mass is 288 g/mol. The van der Waals surface area contributed by atoms with E-state index in [1.54, 1.807) is 0 Å². The quantitative estimate of drug-likeness (QED) is 0.890. The molecule has 1 aromatic carbocycles. The molecule has 1 heterocycles. The highest BCUT2D eigenvalue weighted by atomic mass is 35.5. The van der Waals surface area contributed by atoms with Crippen molar-refractivity contribution in [2.75, 3.05) is 10.6 Å². The number of benzene rings is 1. The van der Waals surface area contributed by atoms with Crippen molar-refractivity contribution >= 4 is 29.1 Å². The van der Waals surface area contributed by atoms with Crippen LogP contribution in [0.2, 0.25) is 5.02 Å². The molecule has 5 heteroatoms. The number of hydrogen-bond donors (Lipinski definition) is 2. The van der Waals surface area contributed by atoms with E-state index in [1.165, 1.54) is 12.8 Å². The molecule has 0 atom stereocenters. The largest absolute Gasteiger partial charge is 0.367 e. The first kappa shape index (κ1) is 13.2. The molecule has 104 valence electrons. The average Bonchev–Trinajstić information content (AvgIpc) is 3.16. The van der Waals surface area contributed by atoms with Gasteiger partial charge in [-0.25, -0.2) is 4.98 Å². The molecule has 1 saturated carbocycles. The molecule has 0 amide bonds. The summed E-state index contributed by atoms with van der Waals surface area (Å²) in [5.74, 6) is 1.49. The van der Waals surface area contributed by atoms with Gasteiger partial charge in [0, 0.05) is 28.5 Å². The minimum Gasteiger partial charge on any atom is -0.367 e. The van der Waals surface area contributed by atoms with E-state index >= 15 is 0 Å². The van der Waals surface area contributed by atoms with E-state index < -0.39 is 0 Å². The van der Waals surface area contributed by atoms with Crippen LogP contribution in [0.3, 0.4) is 0 Å². The van der Waals surface area contributed by atoms with Crippen LogP contribution >= 0.6 is 11.6 Å². The van der Waals surface area contributed by atoms with E-state index in [9.17, 15) is 0 Å². The van der Waals surface area contributed by atoms with E-state index in [4.69, 9.17) is 11.6 Å². The van der Waals surface area contributed by atoms with Gasteiger partial charge in [0.25, 0.3) is 0 Å². The summed E-state index contributed by atoms with van der Waals surface area (Å²) in [6.07, 6.45) is 2.45. The van der Waals surface area contributed by atoms with Crippen molar-refractivity contribution in [1.82, 2.24) is 9.97 Å². The van der Waals surface area contributed by atoms with E-state index in [0.717, 1.165) is 27.8 Å². The summed E-state index contributed by atoms with van der Waals surface area (Å²) in [5.41, 5.74) is 2.98. The molecule has 0 radical (unpaired) electrons. The van der Waals surface area contributed by atoms with Crippen molar-refractivity contribution in [1.29, 1.82) is 0 Å². The van der Waals surface area contributed by atoms with E-state index in [1.807, 2.05) is 38.1 Å². The Morgan fingerprint density at radius 3 is 2.65 bits per heavy atom. The molecule has 2 N–H and O–H groups in total. The summed E-state index contributed by atoms with van der Waals surface area (Å²) >= 11 is 5.97. The second-order valence-corrected chi connectivity index (χ2v) is 5.66. The lowest BCUT2D eigenvalue weighted by molar-refractivity contribution is 1.06. The summed E-state index contributed by atoms with van der Waals surface area (Å²) in [7, 11) is 0. The Hall–Kier alpha value is -1.81. The zero-order valence-corrected chi connectivity index (χ0v) is 12.3. The molecule has 3 rings (SSSR count). The number of nitrogens with zero attached hydrogens (tertiary/aromatic N) is 2. The molecular formula is C15H17ClN4. The van der Waals surface area contributed by atoms with Crippen molar-refractivity contribution < 1.29 is 0 Å². The Balaban J connectivity index is 1.83. The van der Waals surface area contributed by atoms with E-state index in [2.05, 4.69) is 20.6 Å². The van der Waals surface area contributed by atoms with Gasteiger partial charge in [0.2, 0.25) is 5.95 Å². The summed E-state index contributed by atoms with van der Waals surface area (Å²) < 4.78 is 0. The highest BCUT2D eigenvalue weighted by molar-refractivity contribution is 6.30. The van der Waals surface area contributed by atoms with E-state index in [-0.39, 0.29) is 0 Å². The van der Waals surface area contributed by atoms with Crippen LogP contribution in [0.1, 0.15) is 24.1 Å². The fraction of sp³-hybridized carbons (Fsp3) is 0.333. The second-order valence-electron chi connectivity index (χ2n) is 5.22. The first-order valence-corrected chi connectivity index (χ1v) is 7.13. The van der Waals surface area contributed by atoms with Crippen molar-refractivity contribution in [3.63, 3.8) is 0 Å². The predicted molar refractivity (Wildman–Crippen MR) is 82.9 cm³/mol. The summed E-state index contributed by atoms with van der Waals surface area (Å²) in [6.45, 7) is 3.98. The predicted octanol–water partition coefficient (Wildman–Crippen LogP) is 4.06. The summed E-state index contributed by atoms with van der Waals surface area (Å²) in [6, 6.07) is 8.27. The van der Waals surface area contributed by atoms with Gasteiger partial charge in [0.05, 0.1) is 0 Å². The molecule has 1 aliphatic carbocycles. The van der Waals surface area contributed by atoms with Gasteiger partial charge in [-0.15, -0.1) is 0 Å². The van der Waals surface area contributed by atoms with Crippen molar-refractivity contribution in [3.8, 4) is 0 Å². The lowest BCUT2D eigenvalue weighted by atomic mass is 10.2. The molecule has 1 aromatic heterocycles. The molecule has 0 saturated heterocycles. The number of hydrogen-bond acceptors (Lipinski definition) is 4. The van der Waals surface area contributed by atoms with Gasteiger partial charge in [0.15, 0.2) is 0 Å². The van der Waals surface area contributed by atoms with Crippen LogP contribution in [-0.4, -0.2) is 16.0 Å². The first-order valence-electron chi connectivity index (χ1n) is 6.75. The number of rotatable bonds is 4. The first-order chi connectivity index (χ1) is 9.60. The van der Waals surface area contributed by atoms with Crippen molar-refractivity contribution in [3.05, 3.63) is 40.5 Å². The van der Waals surface area contributed by atoms with Gasteiger partial charge >= 0.3 is 0 Å². The zero-order valence-electron chi connectivity index (χ0n) is 11.6. The molecule has 0 unspecified atom stereocenters. The Morgan fingerprint density at radius 2 is 1.95 bits per heavy atom. The number of anilines is 3. The van der Waals surface area contributed by atoms with Gasteiger partial charge in [-0.2, -0.15) is 4.98 Å². The molecule has 1 fully saturated rings. The molecule has 0 bridgehead atoms. The molecule has 1 aliphatic rings. The normalized spacial score (nSPS) is 14.2. The fourth-order valence-corrected chi connectivity index (χ4v) is 2.25. The Morgan fingerprint density at radius 1 is 1.15 bits per heavy atom. The molecule has 0 spiro atoms. The van der Waals surface area contributed by atoms with E-state index in [0.29, 0.717) is 12.0 Å². The van der Waals surface area contributed by atoms with Crippen LogP contribution < -0.4 is 10.6 Å². The lowest BCUT2D eigenvalue weighted by Gasteiger charge is -2.11. The Labute approximate surface area is 123 Å². The van der Waals surface area contributed by atoms with Gasteiger partial charge in [-0.3, -0.25) is 0 Å². The van der Waals surface area contributed by atoms with Crippen LogP contribution in [0.5, 0.6) is 0 Å². The van der Waals surface area contributed by atoms with Crippen LogP contribution in [0.4, 0.5) is 17.5 Å². The van der Waals surface area contributed by atoms with Gasteiger partial charge in [0.1, 0.15) is 5.82 Å². The molecule has 20 heavy (non-hydrogen) atoms. The summed E-state index contributed by atoms with van der Waals surface area (Å²) in [4.78, 5) is 8.93. The maximum absolute atomic E-state index is 5.97. The topological polar surface area (TPSA) is 49.8 Å². The van der Waals surface area contributed by atoms with Crippen LogP contribution in [-0.2, 0) is 0 Å². The van der Waals surface area contributed by atoms with Crippen LogP contribution in [0.15, 0.2) is 24.3 Å². The molecular weight excluding hydrogens is 272 g/mol. The van der Waals surface area contributed by atoms with Gasteiger partial charge in [-0.05, 0) is 50.5 Å². The Kier molecular flexibility index (Phi) is 3.49. The third kappa shape index (κ3) is 3.20.